The minimum absolute atomic E-state index is 0.519. The van der Waals surface area contributed by atoms with E-state index in [0.717, 1.165) is 5.56 Å². The van der Waals surface area contributed by atoms with E-state index in [-0.39, 0.29) is 0 Å². The van der Waals surface area contributed by atoms with Crippen LogP contribution in [0.5, 0.6) is 0 Å². The van der Waals surface area contributed by atoms with Crippen LogP contribution in [-0.2, 0) is 0 Å². The van der Waals surface area contributed by atoms with Crippen molar-refractivity contribution in [2.45, 2.75) is 0 Å². The van der Waals surface area contributed by atoms with Gasteiger partial charge in [0.25, 0.3) is 0 Å². The first kappa shape index (κ1) is 7.31. The Hall–Kier alpha value is -1.80. The molecular formula is C9H5N2. The van der Waals surface area contributed by atoms with E-state index in [9.17, 15) is 0 Å². The maximum atomic E-state index is 8.48. The summed E-state index contributed by atoms with van der Waals surface area (Å²) in [5, 5.41) is 8.48. The average molecular weight is 141 g/mol. The van der Waals surface area contributed by atoms with Gasteiger partial charge < -0.3 is 0 Å². The third kappa shape index (κ3) is 1.81. The molecule has 0 fully saturated rings. The second-order valence-corrected chi connectivity index (χ2v) is 1.88. The fraction of sp³-hybridized carbons (Fsp3) is 0. The van der Waals surface area contributed by atoms with Crippen LogP contribution in [0.4, 0.5) is 0 Å². The van der Waals surface area contributed by atoms with E-state index in [0.29, 0.717) is 5.56 Å². The summed E-state index contributed by atoms with van der Waals surface area (Å²) in [4.78, 5) is 3.82. The molecule has 0 aliphatic rings. The smallest absolute Gasteiger partial charge is 0.101 e. The molecule has 0 saturated heterocycles. The molecule has 1 heterocycles. The second kappa shape index (κ2) is 3.39. The van der Waals surface area contributed by atoms with Crippen molar-refractivity contribution in [3.8, 4) is 17.9 Å². The van der Waals surface area contributed by atoms with Gasteiger partial charge in [0.15, 0.2) is 0 Å². The summed E-state index contributed by atoms with van der Waals surface area (Å²) >= 11 is 0. The van der Waals surface area contributed by atoms with E-state index < -0.39 is 0 Å². The maximum Gasteiger partial charge on any atom is 0.101 e. The molecule has 1 aromatic heterocycles. The molecule has 0 aliphatic carbocycles. The van der Waals surface area contributed by atoms with Gasteiger partial charge in [0.2, 0.25) is 0 Å². The lowest BCUT2D eigenvalue weighted by molar-refractivity contribution is 1.29. The van der Waals surface area contributed by atoms with Crippen LogP contribution in [-0.4, -0.2) is 4.98 Å². The van der Waals surface area contributed by atoms with Crippen LogP contribution in [0.15, 0.2) is 18.5 Å². The Labute approximate surface area is 65.5 Å². The molecule has 2 nitrogen and oxygen atoms in total. The van der Waals surface area contributed by atoms with Crippen LogP contribution in [0.1, 0.15) is 11.1 Å². The summed E-state index contributed by atoms with van der Waals surface area (Å²) in [7, 11) is 0. The Bertz CT molecular complexity index is 350. The van der Waals surface area contributed by atoms with E-state index in [1.165, 1.54) is 6.20 Å². The first-order chi connectivity index (χ1) is 5.36. The maximum absolute atomic E-state index is 8.48. The van der Waals surface area contributed by atoms with Crippen molar-refractivity contribution in [2.75, 3.05) is 0 Å². The molecule has 51 valence electrons. The number of rotatable bonds is 0. The van der Waals surface area contributed by atoms with Crippen LogP contribution in [0.2, 0.25) is 0 Å². The third-order valence-corrected chi connectivity index (χ3v) is 1.10. The van der Waals surface area contributed by atoms with Gasteiger partial charge in [0.05, 0.1) is 5.56 Å². The fourth-order valence-corrected chi connectivity index (χ4v) is 0.671. The van der Waals surface area contributed by atoms with E-state index in [4.69, 9.17) is 5.26 Å². The van der Waals surface area contributed by atoms with Gasteiger partial charge in [0, 0.05) is 24.9 Å². The summed E-state index contributed by atoms with van der Waals surface area (Å²) < 4.78 is 0. The summed E-state index contributed by atoms with van der Waals surface area (Å²) in [6, 6.07) is 3.65. The first-order valence-electron chi connectivity index (χ1n) is 3.00. The highest BCUT2D eigenvalue weighted by atomic mass is 14.6. The first-order valence-corrected chi connectivity index (χ1v) is 3.00. The van der Waals surface area contributed by atoms with Crippen molar-refractivity contribution in [3.05, 3.63) is 36.5 Å². The Kier molecular flexibility index (Phi) is 2.25. The van der Waals surface area contributed by atoms with Crippen molar-refractivity contribution in [2.24, 2.45) is 0 Å². The van der Waals surface area contributed by atoms with Crippen molar-refractivity contribution in [1.29, 1.82) is 5.26 Å². The van der Waals surface area contributed by atoms with Crippen LogP contribution in [0.3, 0.4) is 0 Å². The summed E-state index contributed by atoms with van der Waals surface area (Å²) in [5.41, 5.74) is 1.24. The van der Waals surface area contributed by atoms with Crippen LogP contribution in [0, 0.1) is 30.1 Å². The van der Waals surface area contributed by atoms with Crippen LogP contribution in [0.25, 0.3) is 0 Å². The summed E-state index contributed by atoms with van der Waals surface area (Å²) in [5.74, 6) is 5.19. The van der Waals surface area contributed by atoms with Gasteiger partial charge in [-0.25, -0.2) is 0 Å². The number of hydrogen-bond acceptors (Lipinski definition) is 2. The highest BCUT2D eigenvalue weighted by Gasteiger charge is 1.90. The molecule has 0 aliphatic heterocycles. The molecule has 0 spiro atoms. The molecule has 1 aromatic rings. The fourth-order valence-electron chi connectivity index (χ4n) is 0.671. The molecule has 2 heteroatoms. The Morgan fingerprint density at radius 2 is 2.09 bits per heavy atom. The average Bonchev–Trinajstić information content (AvgIpc) is 2.06. The molecule has 0 aromatic carbocycles. The molecule has 0 saturated carbocycles. The van der Waals surface area contributed by atoms with Crippen molar-refractivity contribution >= 4 is 0 Å². The zero-order chi connectivity index (χ0) is 8.10. The van der Waals surface area contributed by atoms with Crippen molar-refractivity contribution in [3.63, 3.8) is 0 Å². The molecule has 0 bridgehead atoms. The molecule has 0 atom stereocenters. The number of pyridine rings is 1. The Morgan fingerprint density at radius 3 is 2.73 bits per heavy atom. The third-order valence-electron chi connectivity index (χ3n) is 1.10. The molecule has 0 unspecified atom stereocenters. The van der Waals surface area contributed by atoms with E-state index in [1.54, 1.807) is 12.3 Å². The number of nitriles is 1. The molecular weight excluding hydrogens is 136 g/mol. The summed E-state index contributed by atoms with van der Waals surface area (Å²) in [6.07, 6.45) is 3.09. The molecule has 1 rings (SSSR count). The van der Waals surface area contributed by atoms with Gasteiger partial charge in [-0.1, -0.05) is 11.8 Å². The zero-order valence-electron chi connectivity index (χ0n) is 5.83. The standard InChI is InChI=1S/C9H5N2/c1-2-3-8-4-9(5-10)7-11-6-8/h4,6-7H,1H2. The Balaban J connectivity index is 3.10. The summed E-state index contributed by atoms with van der Waals surface area (Å²) in [6.45, 7) is 3.36. The highest BCUT2D eigenvalue weighted by Crippen LogP contribution is 1.98. The molecule has 0 amide bonds. The Morgan fingerprint density at radius 1 is 1.36 bits per heavy atom. The van der Waals surface area contributed by atoms with Gasteiger partial charge in [-0.3, -0.25) is 4.98 Å². The monoisotopic (exact) mass is 141 g/mol. The quantitative estimate of drug-likeness (QED) is 0.508. The number of nitrogens with zero attached hydrogens (tertiary/aromatic N) is 2. The SMILES string of the molecule is [CH2]C#Cc1cncc(C#N)c1. The van der Waals surface area contributed by atoms with E-state index in [2.05, 4.69) is 23.7 Å². The lowest BCUT2D eigenvalue weighted by Crippen LogP contribution is -1.80. The lowest BCUT2D eigenvalue weighted by Gasteiger charge is -1.88. The van der Waals surface area contributed by atoms with Crippen LogP contribution < -0.4 is 0 Å². The van der Waals surface area contributed by atoms with Gasteiger partial charge in [0.1, 0.15) is 6.07 Å². The minimum atomic E-state index is 0.519. The normalized spacial score (nSPS) is 7.64. The van der Waals surface area contributed by atoms with Crippen molar-refractivity contribution < 1.29 is 0 Å². The predicted molar refractivity (Wildman–Crippen MR) is 41.2 cm³/mol. The number of aromatic nitrogens is 1. The largest absolute Gasteiger partial charge is 0.262 e. The second-order valence-electron chi connectivity index (χ2n) is 1.88. The van der Waals surface area contributed by atoms with Gasteiger partial charge >= 0.3 is 0 Å². The minimum Gasteiger partial charge on any atom is -0.262 e. The molecule has 0 N–H and O–H groups in total. The predicted octanol–water partition coefficient (Wildman–Crippen LogP) is 1.14. The van der Waals surface area contributed by atoms with Crippen molar-refractivity contribution in [1.82, 2.24) is 4.98 Å². The lowest BCUT2D eigenvalue weighted by atomic mass is 10.2. The van der Waals surface area contributed by atoms with Gasteiger partial charge in [-0.2, -0.15) is 5.26 Å². The van der Waals surface area contributed by atoms with E-state index in [1.807, 2.05) is 6.07 Å². The van der Waals surface area contributed by atoms with Gasteiger partial charge in [-0.15, -0.1) is 0 Å². The topological polar surface area (TPSA) is 36.7 Å². The molecule has 1 radical (unpaired) electrons. The molecule has 11 heavy (non-hydrogen) atoms. The number of hydrogen-bond donors (Lipinski definition) is 0. The van der Waals surface area contributed by atoms with Gasteiger partial charge in [-0.05, 0) is 6.07 Å². The zero-order valence-corrected chi connectivity index (χ0v) is 5.83. The highest BCUT2D eigenvalue weighted by molar-refractivity contribution is 5.38. The van der Waals surface area contributed by atoms with E-state index >= 15 is 0 Å². The van der Waals surface area contributed by atoms with Crippen LogP contribution >= 0.6 is 0 Å².